The Labute approximate surface area is 167 Å². The van der Waals surface area contributed by atoms with Crippen LogP contribution in [0.1, 0.15) is 21.6 Å². The van der Waals surface area contributed by atoms with Gasteiger partial charge < -0.3 is 15.8 Å². The molecule has 3 N–H and O–H groups in total. The third-order valence-corrected chi connectivity index (χ3v) is 4.18. The molecule has 0 saturated carbocycles. The minimum Gasteiger partial charge on any atom is -0.483 e. The van der Waals surface area contributed by atoms with Gasteiger partial charge in [0.15, 0.2) is 6.61 Å². The molecule has 3 aromatic rings. The van der Waals surface area contributed by atoms with E-state index in [0.29, 0.717) is 10.8 Å². The number of benzene rings is 2. The number of carbonyl (C=O) groups is 2. The van der Waals surface area contributed by atoms with Crippen molar-refractivity contribution in [3.63, 3.8) is 0 Å². The molecule has 0 saturated heterocycles. The molecule has 0 fully saturated rings. The van der Waals surface area contributed by atoms with E-state index >= 15 is 0 Å². The number of anilines is 1. The largest absolute Gasteiger partial charge is 0.483 e. The first kappa shape index (κ1) is 19.4. The Morgan fingerprint density at radius 1 is 1.14 bits per heavy atom. The van der Waals surface area contributed by atoms with Crippen LogP contribution in [0, 0.1) is 13.8 Å². The molecule has 0 unspecified atom stereocenters. The lowest BCUT2D eigenvalue weighted by Gasteiger charge is -2.11. The first-order chi connectivity index (χ1) is 13.3. The standard InChI is InChI=1S/C20H19ClN4O3/c1-12-3-6-15(7-4-12)25-18(9-13(2)24-25)23-19(26)11-28-17-10-14(21)5-8-16(17)20(22)27/h3-10H,11H2,1-2H3,(H2,22,27)(H,23,26). The van der Waals surface area contributed by atoms with Crippen LogP contribution in [0.15, 0.2) is 48.5 Å². The van der Waals surface area contributed by atoms with Crippen LogP contribution >= 0.6 is 11.6 Å². The molecule has 7 nitrogen and oxygen atoms in total. The van der Waals surface area contributed by atoms with E-state index in [1.807, 2.05) is 38.1 Å². The third-order valence-electron chi connectivity index (χ3n) is 3.95. The summed E-state index contributed by atoms with van der Waals surface area (Å²) in [5, 5.41) is 7.55. The number of aromatic nitrogens is 2. The number of nitrogens with zero attached hydrogens (tertiary/aromatic N) is 2. The van der Waals surface area contributed by atoms with Crippen molar-refractivity contribution in [1.82, 2.24) is 9.78 Å². The summed E-state index contributed by atoms with van der Waals surface area (Å²) in [7, 11) is 0. The Hall–Kier alpha value is -3.32. The first-order valence-corrected chi connectivity index (χ1v) is 8.87. The number of carbonyl (C=O) groups excluding carboxylic acids is 2. The normalized spacial score (nSPS) is 10.5. The number of aryl methyl sites for hydroxylation is 2. The number of hydrogen-bond donors (Lipinski definition) is 2. The number of ether oxygens (including phenoxy) is 1. The summed E-state index contributed by atoms with van der Waals surface area (Å²) < 4.78 is 7.09. The lowest BCUT2D eigenvalue weighted by atomic mass is 10.2. The number of nitrogens with one attached hydrogen (secondary N) is 1. The zero-order valence-corrected chi connectivity index (χ0v) is 16.2. The second kappa shape index (κ2) is 8.14. The first-order valence-electron chi connectivity index (χ1n) is 8.49. The van der Waals surface area contributed by atoms with E-state index in [4.69, 9.17) is 22.1 Å². The third kappa shape index (κ3) is 4.50. The second-order valence-corrected chi connectivity index (χ2v) is 6.70. The zero-order valence-electron chi connectivity index (χ0n) is 15.4. The van der Waals surface area contributed by atoms with Crippen molar-refractivity contribution in [1.29, 1.82) is 0 Å². The average molecular weight is 399 g/mol. The van der Waals surface area contributed by atoms with Crippen molar-refractivity contribution < 1.29 is 14.3 Å². The van der Waals surface area contributed by atoms with E-state index in [-0.39, 0.29) is 17.9 Å². The molecular weight excluding hydrogens is 380 g/mol. The van der Waals surface area contributed by atoms with E-state index in [1.165, 1.54) is 18.2 Å². The highest BCUT2D eigenvalue weighted by molar-refractivity contribution is 6.30. The van der Waals surface area contributed by atoms with E-state index in [2.05, 4.69) is 10.4 Å². The van der Waals surface area contributed by atoms with E-state index in [1.54, 1.807) is 10.7 Å². The summed E-state index contributed by atoms with van der Waals surface area (Å²) in [6.45, 7) is 3.51. The summed E-state index contributed by atoms with van der Waals surface area (Å²) in [5.41, 5.74) is 8.16. The molecule has 0 aliphatic carbocycles. The smallest absolute Gasteiger partial charge is 0.263 e. The van der Waals surface area contributed by atoms with Crippen molar-refractivity contribution in [3.8, 4) is 11.4 Å². The van der Waals surface area contributed by atoms with Gasteiger partial charge in [-0.1, -0.05) is 29.3 Å². The summed E-state index contributed by atoms with van der Waals surface area (Å²) in [6, 6.07) is 13.9. The Bertz CT molecular complexity index is 1030. The maximum Gasteiger partial charge on any atom is 0.263 e. The van der Waals surface area contributed by atoms with Gasteiger partial charge in [-0.2, -0.15) is 5.10 Å². The SMILES string of the molecule is Cc1ccc(-n2nc(C)cc2NC(=O)COc2cc(Cl)ccc2C(N)=O)cc1. The molecule has 28 heavy (non-hydrogen) atoms. The highest BCUT2D eigenvalue weighted by Gasteiger charge is 2.14. The fourth-order valence-electron chi connectivity index (χ4n) is 2.61. The molecular formula is C20H19ClN4O3. The van der Waals surface area contributed by atoms with Gasteiger partial charge in [-0.3, -0.25) is 9.59 Å². The van der Waals surface area contributed by atoms with Gasteiger partial charge in [0.05, 0.1) is 16.9 Å². The Kier molecular flexibility index (Phi) is 5.65. The van der Waals surface area contributed by atoms with E-state index < -0.39 is 11.8 Å². The Balaban J connectivity index is 1.74. The summed E-state index contributed by atoms with van der Waals surface area (Å²) >= 11 is 5.92. The quantitative estimate of drug-likeness (QED) is 0.665. The second-order valence-electron chi connectivity index (χ2n) is 6.26. The van der Waals surface area contributed by atoms with Crippen molar-refractivity contribution in [2.24, 2.45) is 5.73 Å². The van der Waals surface area contributed by atoms with Gasteiger partial charge in [0.2, 0.25) is 0 Å². The van der Waals surface area contributed by atoms with Gasteiger partial charge in [0, 0.05) is 11.1 Å². The summed E-state index contributed by atoms with van der Waals surface area (Å²) in [6.07, 6.45) is 0. The average Bonchev–Trinajstić information content (AvgIpc) is 3.00. The summed E-state index contributed by atoms with van der Waals surface area (Å²) in [5.74, 6) is -0.418. The lowest BCUT2D eigenvalue weighted by Crippen LogP contribution is -2.23. The van der Waals surface area contributed by atoms with Crippen molar-refractivity contribution in [3.05, 3.63) is 70.4 Å². The number of nitrogens with two attached hydrogens (primary N) is 1. The fourth-order valence-corrected chi connectivity index (χ4v) is 2.77. The van der Waals surface area contributed by atoms with Gasteiger partial charge >= 0.3 is 0 Å². The van der Waals surface area contributed by atoms with Gasteiger partial charge in [-0.25, -0.2) is 4.68 Å². The maximum atomic E-state index is 12.4. The van der Waals surface area contributed by atoms with Crippen LogP contribution in [-0.4, -0.2) is 28.2 Å². The van der Waals surface area contributed by atoms with Crippen LogP contribution in [0.4, 0.5) is 5.82 Å². The number of primary amides is 1. The minimum atomic E-state index is -0.667. The monoisotopic (exact) mass is 398 g/mol. The van der Waals surface area contributed by atoms with Crippen LogP contribution < -0.4 is 15.8 Å². The fraction of sp³-hybridized carbons (Fsp3) is 0.150. The molecule has 8 heteroatoms. The molecule has 0 atom stereocenters. The molecule has 0 bridgehead atoms. The maximum absolute atomic E-state index is 12.4. The van der Waals surface area contributed by atoms with Gasteiger partial charge in [0.1, 0.15) is 11.6 Å². The number of amides is 2. The highest BCUT2D eigenvalue weighted by atomic mass is 35.5. The molecule has 2 amide bonds. The van der Waals surface area contributed by atoms with Crippen molar-refractivity contribution in [2.75, 3.05) is 11.9 Å². The molecule has 3 rings (SSSR count). The van der Waals surface area contributed by atoms with Crippen LogP contribution in [0.2, 0.25) is 5.02 Å². The molecule has 1 heterocycles. The lowest BCUT2D eigenvalue weighted by molar-refractivity contribution is -0.118. The summed E-state index contributed by atoms with van der Waals surface area (Å²) in [4.78, 5) is 23.9. The number of rotatable bonds is 6. The predicted molar refractivity (Wildman–Crippen MR) is 107 cm³/mol. The molecule has 1 aromatic heterocycles. The Morgan fingerprint density at radius 2 is 1.86 bits per heavy atom. The number of halogens is 1. The molecule has 0 aliphatic heterocycles. The van der Waals surface area contributed by atoms with Gasteiger partial charge in [-0.05, 0) is 44.2 Å². The predicted octanol–water partition coefficient (Wildman–Crippen LogP) is 3.26. The Morgan fingerprint density at radius 3 is 2.54 bits per heavy atom. The molecule has 0 radical (unpaired) electrons. The van der Waals surface area contributed by atoms with Gasteiger partial charge in [0.25, 0.3) is 11.8 Å². The highest BCUT2D eigenvalue weighted by Crippen LogP contribution is 2.23. The number of hydrogen-bond acceptors (Lipinski definition) is 4. The van der Waals surface area contributed by atoms with Crippen molar-refractivity contribution >= 4 is 29.2 Å². The topological polar surface area (TPSA) is 99.2 Å². The van der Waals surface area contributed by atoms with Crippen LogP contribution in [0.5, 0.6) is 5.75 Å². The van der Waals surface area contributed by atoms with E-state index in [0.717, 1.165) is 16.9 Å². The molecule has 0 spiro atoms. The van der Waals surface area contributed by atoms with Gasteiger partial charge in [-0.15, -0.1) is 0 Å². The van der Waals surface area contributed by atoms with Crippen molar-refractivity contribution in [2.45, 2.75) is 13.8 Å². The van der Waals surface area contributed by atoms with Crippen LogP contribution in [0.3, 0.4) is 0 Å². The van der Waals surface area contributed by atoms with E-state index in [9.17, 15) is 9.59 Å². The zero-order chi connectivity index (χ0) is 20.3. The molecule has 144 valence electrons. The minimum absolute atomic E-state index is 0.151. The molecule has 2 aromatic carbocycles. The molecule has 0 aliphatic rings. The van der Waals surface area contributed by atoms with Crippen LogP contribution in [-0.2, 0) is 4.79 Å². The van der Waals surface area contributed by atoms with Crippen LogP contribution in [0.25, 0.3) is 5.69 Å².